The number of nitrogens with one attached hydrogen (secondary N) is 5. The van der Waals surface area contributed by atoms with Gasteiger partial charge in [-0.25, -0.2) is 0 Å². The molecule has 0 saturated carbocycles. The molecule has 0 bridgehead atoms. The first-order valence-corrected chi connectivity index (χ1v) is 13.2. The number of carbonyl (C=O) groups excluding carboxylic acids is 6. The summed E-state index contributed by atoms with van der Waals surface area (Å²) >= 11 is 0. The third kappa shape index (κ3) is 14.4. The summed E-state index contributed by atoms with van der Waals surface area (Å²) in [4.78, 5) is 85.8. The third-order valence-electron chi connectivity index (χ3n) is 5.66. The second-order valence-electron chi connectivity index (χ2n) is 10.6. The Balaban J connectivity index is 5.74. The third-order valence-corrected chi connectivity index (χ3v) is 5.66. The summed E-state index contributed by atoms with van der Waals surface area (Å²) in [6.45, 7) is 8.54. The molecule has 6 amide bonds. The highest BCUT2D eigenvalue weighted by Gasteiger charge is 2.34. The number of nitrogens with two attached hydrogens (primary N) is 1. The summed E-state index contributed by atoms with van der Waals surface area (Å²) in [6.07, 6.45) is -2.10. The maximum Gasteiger partial charge on any atom is 0.305 e. The van der Waals surface area contributed by atoms with E-state index in [9.17, 15) is 48.9 Å². The average molecular weight is 589 g/mol. The molecule has 10 N–H and O–H groups in total. The van der Waals surface area contributed by atoms with Crippen molar-refractivity contribution in [3.63, 3.8) is 0 Å². The van der Waals surface area contributed by atoms with Gasteiger partial charge in [0.05, 0.1) is 19.1 Å². The number of carbonyl (C=O) groups is 7. The van der Waals surface area contributed by atoms with Gasteiger partial charge in [0.2, 0.25) is 35.4 Å². The number of aliphatic carboxylic acids is 1. The van der Waals surface area contributed by atoms with Gasteiger partial charge in [-0.05, 0) is 31.6 Å². The molecular formula is C25H44N6O10. The number of carboxylic acids is 1. The summed E-state index contributed by atoms with van der Waals surface area (Å²) in [6, 6.07) is -7.21. The second kappa shape index (κ2) is 17.8. The molecular weight excluding hydrogens is 544 g/mol. The molecule has 0 rings (SSSR count). The van der Waals surface area contributed by atoms with Crippen LogP contribution in [0.15, 0.2) is 0 Å². The lowest BCUT2D eigenvalue weighted by Crippen LogP contribution is -2.62. The van der Waals surface area contributed by atoms with E-state index in [2.05, 4.69) is 26.6 Å². The van der Waals surface area contributed by atoms with Crippen LogP contribution >= 0.6 is 0 Å². The summed E-state index contributed by atoms with van der Waals surface area (Å²) in [7, 11) is 0. The lowest BCUT2D eigenvalue weighted by molar-refractivity contribution is -0.142. The fourth-order valence-corrected chi connectivity index (χ4v) is 3.71. The zero-order valence-corrected chi connectivity index (χ0v) is 24.2. The van der Waals surface area contributed by atoms with Crippen LogP contribution in [-0.4, -0.2) is 99.7 Å². The summed E-state index contributed by atoms with van der Waals surface area (Å²) < 4.78 is 0. The number of hydrogen-bond acceptors (Lipinski definition) is 9. The van der Waals surface area contributed by atoms with Crippen molar-refractivity contribution < 1.29 is 48.9 Å². The van der Waals surface area contributed by atoms with Crippen LogP contribution in [0.4, 0.5) is 0 Å². The molecule has 0 aromatic heterocycles. The van der Waals surface area contributed by atoms with Gasteiger partial charge < -0.3 is 47.6 Å². The molecule has 0 saturated heterocycles. The monoisotopic (exact) mass is 588 g/mol. The predicted octanol–water partition coefficient (Wildman–Crippen LogP) is -3.14. The number of amides is 6. The van der Waals surface area contributed by atoms with E-state index in [1.807, 2.05) is 0 Å². The molecule has 0 fully saturated rings. The van der Waals surface area contributed by atoms with Crippen LogP contribution in [0.5, 0.6) is 0 Å². The predicted molar refractivity (Wildman–Crippen MR) is 144 cm³/mol. The maximum absolute atomic E-state index is 13.0. The molecule has 16 heteroatoms. The maximum atomic E-state index is 13.0. The minimum atomic E-state index is -1.75. The SMILES string of the molecule is CC(=O)N[C@@H](CC(C)C)C(=O)N[C@H](CC(=O)O)C(=O)N[C@H](C(=O)N[C@@H](CO)C(=O)N[C@@H](CC(C)C)C(N)=O)[C@@H](C)O. The molecule has 0 aliphatic heterocycles. The molecule has 0 aliphatic rings. The first-order chi connectivity index (χ1) is 18.9. The van der Waals surface area contributed by atoms with E-state index in [1.165, 1.54) is 6.92 Å². The summed E-state index contributed by atoms with van der Waals surface area (Å²) in [5.41, 5.74) is 5.31. The minimum absolute atomic E-state index is 0.0251. The largest absolute Gasteiger partial charge is 0.481 e. The van der Waals surface area contributed by atoms with Crippen molar-refractivity contribution in [3.8, 4) is 0 Å². The van der Waals surface area contributed by atoms with E-state index in [0.29, 0.717) is 0 Å². The van der Waals surface area contributed by atoms with Crippen molar-refractivity contribution >= 4 is 41.4 Å². The van der Waals surface area contributed by atoms with Crippen LogP contribution in [0.1, 0.15) is 60.8 Å². The van der Waals surface area contributed by atoms with E-state index in [1.54, 1.807) is 27.7 Å². The second-order valence-corrected chi connectivity index (χ2v) is 10.6. The molecule has 0 heterocycles. The first kappa shape index (κ1) is 37.2. The van der Waals surface area contributed by atoms with Gasteiger partial charge >= 0.3 is 5.97 Å². The van der Waals surface area contributed by atoms with Crippen molar-refractivity contribution in [3.05, 3.63) is 0 Å². The van der Waals surface area contributed by atoms with E-state index in [4.69, 9.17) is 5.73 Å². The Morgan fingerprint density at radius 3 is 1.51 bits per heavy atom. The topological polar surface area (TPSA) is 266 Å². The van der Waals surface area contributed by atoms with Crippen molar-refractivity contribution in [1.29, 1.82) is 0 Å². The molecule has 0 unspecified atom stereocenters. The highest BCUT2D eigenvalue weighted by Crippen LogP contribution is 2.08. The quantitative estimate of drug-likeness (QED) is 0.0776. The smallest absolute Gasteiger partial charge is 0.305 e. The van der Waals surface area contributed by atoms with E-state index < -0.39 is 90.8 Å². The Morgan fingerprint density at radius 2 is 1.10 bits per heavy atom. The molecule has 0 spiro atoms. The van der Waals surface area contributed by atoms with Gasteiger partial charge in [0.15, 0.2) is 0 Å². The number of primary amides is 1. The number of aliphatic hydroxyl groups excluding tert-OH is 2. The Bertz CT molecular complexity index is 955. The van der Waals surface area contributed by atoms with Gasteiger partial charge in [-0.3, -0.25) is 33.6 Å². The fraction of sp³-hybridized carbons (Fsp3) is 0.720. The lowest BCUT2D eigenvalue weighted by Gasteiger charge is -2.27. The van der Waals surface area contributed by atoms with Crippen molar-refractivity contribution in [1.82, 2.24) is 26.6 Å². The Kier molecular flexibility index (Phi) is 16.2. The molecule has 6 atom stereocenters. The summed E-state index contributed by atoms with van der Waals surface area (Å²) in [5.74, 6) is -6.96. The molecule has 16 nitrogen and oxygen atoms in total. The van der Waals surface area contributed by atoms with Crippen molar-refractivity contribution in [2.45, 2.75) is 97.1 Å². The van der Waals surface area contributed by atoms with Crippen LogP contribution in [-0.2, 0) is 33.6 Å². The molecule has 0 aliphatic carbocycles. The average Bonchev–Trinajstić information content (AvgIpc) is 2.82. The van der Waals surface area contributed by atoms with Crippen molar-refractivity contribution in [2.75, 3.05) is 6.61 Å². The zero-order valence-electron chi connectivity index (χ0n) is 24.2. The normalized spacial score (nSPS) is 15.5. The molecule has 234 valence electrons. The standard InChI is InChI=1S/C25H44N6O10/c1-11(2)7-15(21(26)37)28-24(40)18(10-32)30-25(41)20(13(5)33)31-23(39)17(9-19(35)36)29-22(38)16(8-12(3)4)27-14(6)34/h11-13,15-18,20,32-33H,7-10H2,1-6H3,(H2,26,37)(H,27,34)(H,28,40)(H,29,38)(H,30,41)(H,31,39)(H,35,36)/t13-,15+,16+,17-,18+,20+/m1/s1. The molecule has 0 aromatic carbocycles. The Hall–Kier alpha value is -3.79. The molecule has 0 radical (unpaired) electrons. The highest BCUT2D eigenvalue weighted by molar-refractivity contribution is 5.97. The van der Waals surface area contributed by atoms with Crippen LogP contribution in [0.25, 0.3) is 0 Å². The number of hydrogen-bond donors (Lipinski definition) is 9. The minimum Gasteiger partial charge on any atom is -0.481 e. The van der Waals surface area contributed by atoms with Gasteiger partial charge in [0.1, 0.15) is 30.2 Å². The number of rotatable bonds is 18. The number of aliphatic hydroxyl groups is 2. The van der Waals surface area contributed by atoms with Gasteiger partial charge in [0, 0.05) is 6.92 Å². The zero-order chi connectivity index (χ0) is 32.0. The Labute approximate surface area is 238 Å². The van der Waals surface area contributed by atoms with Gasteiger partial charge in [0.25, 0.3) is 0 Å². The molecule has 41 heavy (non-hydrogen) atoms. The van der Waals surface area contributed by atoms with Crippen LogP contribution in [0.3, 0.4) is 0 Å². The fourth-order valence-electron chi connectivity index (χ4n) is 3.71. The summed E-state index contributed by atoms with van der Waals surface area (Å²) in [5, 5.41) is 40.4. The van der Waals surface area contributed by atoms with Gasteiger partial charge in [-0.15, -0.1) is 0 Å². The highest BCUT2D eigenvalue weighted by atomic mass is 16.4. The van der Waals surface area contributed by atoms with Crippen LogP contribution in [0, 0.1) is 11.8 Å². The van der Waals surface area contributed by atoms with Gasteiger partial charge in [-0.1, -0.05) is 27.7 Å². The first-order valence-electron chi connectivity index (χ1n) is 13.2. The van der Waals surface area contributed by atoms with E-state index in [-0.39, 0.29) is 24.7 Å². The molecule has 0 aromatic rings. The van der Waals surface area contributed by atoms with E-state index in [0.717, 1.165) is 6.92 Å². The van der Waals surface area contributed by atoms with Crippen LogP contribution in [0.2, 0.25) is 0 Å². The Morgan fingerprint density at radius 1 is 0.659 bits per heavy atom. The number of carboxylic acid groups (broad SMARTS) is 1. The lowest BCUT2D eigenvalue weighted by atomic mass is 10.0. The van der Waals surface area contributed by atoms with Gasteiger partial charge in [-0.2, -0.15) is 0 Å². The van der Waals surface area contributed by atoms with Crippen LogP contribution < -0.4 is 32.3 Å². The van der Waals surface area contributed by atoms with E-state index >= 15 is 0 Å². The van der Waals surface area contributed by atoms with Crippen molar-refractivity contribution in [2.24, 2.45) is 17.6 Å².